The van der Waals surface area contributed by atoms with Crippen LogP contribution in [0.4, 0.5) is 0 Å². The predicted molar refractivity (Wildman–Crippen MR) is 72.8 cm³/mol. The second-order valence-electron chi connectivity index (χ2n) is 5.64. The molecule has 0 spiro atoms. The van der Waals surface area contributed by atoms with Crippen molar-refractivity contribution < 1.29 is 4.79 Å². The zero-order valence-electron chi connectivity index (χ0n) is 11.1. The van der Waals surface area contributed by atoms with Crippen molar-refractivity contribution in [2.75, 3.05) is 0 Å². The Hall–Kier alpha value is -0.740. The van der Waals surface area contributed by atoms with Gasteiger partial charge < -0.3 is 0 Å². The fraction of sp³-hybridized carbons (Fsp3) is 0.714. The lowest BCUT2D eigenvalue weighted by Crippen LogP contribution is -2.53. The molecular formula is C14H20N2OS. The summed E-state index contributed by atoms with van der Waals surface area (Å²) in [6.07, 6.45) is 5.15. The van der Waals surface area contributed by atoms with Crippen molar-refractivity contribution in [2.45, 2.75) is 64.1 Å². The quantitative estimate of drug-likeness (QED) is 0.823. The minimum atomic E-state index is 0.368. The summed E-state index contributed by atoms with van der Waals surface area (Å²) in [4.78, 5) is 18.9. The van der Waals surface area contributed by atoms with Crippen molar-refractivity contribution in [1.29, 1.82) is 0 Å². The standard InChI is InChI=1S/C14H20N2OS/c1-9-8-18-14(15-9)10(2)16-11-4-3-5-12(16)7-13(17)6-11/h8,10-12H,3-7H2,1-2H3. The molecule has 1 aromatic rings. The Bertz CT molecular complexity index is 440. The Morgan fingerprint density at radius 2 is 2.06 bits per heavy atom. The number of carbonyl (C=O) groups is 1. The summed E-state index contributed by atoms with van der Waals surface area (Å²) in [7, 11) is 0. The molecule has 3 heterocycles. The third-order valence-corrected chi connectivity index (χ3v) is 5.42. The van der Waals surface area contributed by atoms with Crippen LogP contribution in [0.5, 0.6) is 0 Å². The van der Waals surface area contributed by atoms with Gasteiger partial charge >= 0.3 is 0 Å². The Morgan fingerprint density at radius 3 is 2.61 bits per heavy atom. The van der Waals surface area contributed by atoms with E-state index in [1.165, 1.54) is 24.3 Å². The monoisotopic (exact) mass is 264 g/mol. The first kappa shape index (κ1) is 12.3. The number of carbonyl (C=O) groups excluding carboxylic acids is 1. The molecule has 18 heavy (non-hydrogen) atoms. The fourth-order valence-corrected chi connectivity index (χ4v) is 4.39. The number of ketones is 1. The number of aromatic nitrogens is 1. The Balaban J connectivity index is 1.84. The number of rotatable bonds is 2. The second kappa shape index (κ2) is 4.74. The van der Waals surface area contributed by atoms with Crippen molar-refractivity contribution in [3.63, 3.8) is 0 Å². The zero-order chi connectivity index (χ0) is 12.7. The first-order valence-electron chi connectivity index (χ1n) is 6.86. The van der Waals surface area contributed by atoms with Crippen molar-refractivity contribution in [3.05, 3.63) is 16.1 Å². The highest BCUT2D eigenvalue weighted by Gasteiger charge is 2.40. The van der Waals surface area contributed by atoms with E-state index in [0.717, 1.165) is 18.5 Å². The number of hydrogen-bond donors (Lipinski definition) is 0. The molecule has 0 saturated carbocycles. The molecule has 2 aliphatic heterocycles. The summed E-state index contributed by atoms with van der Waals surface area (Å²) >= 11 is 1.75. The van der Waals surface area contributed by atoms with Crippen LogP contribution in [-0.2, 0) is 4.79 Å². The molecule has 2 fully saturated rings. The van der Waals surface area contributed by atoms with E-state index in [1.807, 2.05) is 6.92 Å². The average Bonchev–Trinajstić information content (AvgIpc) is 2.74. The van der Waals surface area contributed by atoms with Gasteiger partial charge in [-0.2, -0.15) is 0 Å². The molecule has 0 aromatic carbocycles. The molecule has 2 aliphatic rings. The van der Waals surface area contributed by atoms with E-state index in [9.17, 15) is 4.79 Å². The predicted octanol–water partition coefficient (Wildman–Crippen LogP) is 3.10. The normalized spacial score (nSPS) is 30.4. The number of aryl methyl sites for hydroxylation is 1. The van der Waals surface area contributed by atoms with Crippen LogP contribution in [0.25, 0.3) is 0 Å². The number of thiazole rings is 1. The topological polar surface area (TPSA) is 33.2 Å². The molecule has 3 nitrogen and oxygen atoms in total. The van der Waals surface area contributed by atoms with Gasteiger partial charge in [-0.1, -0.05) is 6.42 Å². The summed E-state index contributed by atoms with van der Waals surface area (Å²) in [5.74, 6) is 0.462. The van der Waals surface area contributed by atoms with E-state index in [1.54, 1.807) is 11.3 Å². The molecular weight excluding hydrogens is 244 g/mol. The van der Waals surface area contributed by atoms with E-state index in [2.05, 4.69) is 22.2 Å². The number of nitrogens with zero attached hydrogens (tertiary/aromatic N) is 2. The SMILES string of the molecule is Cc1csc(C(C)N2C3CCCC2CC(=O)C3)n1. The largest absolute Gasteiger partial charge is 0.300 e. The number of fused-ring (bicyclic) bond motifs is 2. The van der Waals surface area contributed by atoms with Crippen LogP contribution in [0.3, 0.4) is 0 Å². The molecule has 0 radical (unpaired) electrons. The van der Waals surface area contributed by atoms with Gasteiger partial charge in [-0.25, -0.2) is 4.98 Å². The highest BCUT2D eigenvalue weighted by Crippen LogP contribution is 2.39. The summed E-state index contributed by atoms with van der Waals surface area (Å²) in [6.45, 7) is 4.30. The van der Waals surface area contributed by atoms with Gasteiger partial charge in [0, 0.05) is 36.0 Å². The van der Waals surface area contributed by atoms with Gasteiger partial charge in [0.25, 0.3) is 0 Å². The summed E-state index contributed by atoms with van der Waals surface area (Å²) in [5.41, 5.74) is 1.11. The molecule has 0 amide bonds. The lowest BCUT2D eigenvalue weighted by molar-refractivity contribution is -0.128. The van der Waals surface area contributed by atoms with Crippen LogP contribution in [0.2, 0.25) is 0 Å². The van der Waals surface area contributed by atoms with E-state index in [4.69, 9.17) is 0 Å². The summed E-state index contributed by atoms with van der Waals surface area (Å²) in [5, 5.41) is 3.33. The van der Waals surface area contributed by atoms with Gasteiger partial charge in [-0.3, -0.25) is 9.69 Å². The van der Waals surface area contributed by atoms with E-state index in [0.29, 0.717) is 23.9 Å². The van der Waals surface area contributed by atoms with Gasteiger partial charge in [0.05, 0.1) is 6.04 Å². The van der Waals surface area contributed by atoms with Crippen molar-refractivity contribution in [2.24, 2.45) is 0 Å². The van der Waals surface area contributed by atoms with E-state index < -0.39 is 0 Å². The van der Waals surface area contributed by atoms with Gasteiger partial charge in [0.2, 0.25) is 0 Å². The number of hydrogen-bond acceptors (Lipinski definition) is 4. The molecule has 98 valence electrons. The molecule has 4 heteroatoms. The van der Waals surface area contributed by atoms with Gasteiger partial charge in [0.15, 0.2) is 0 Å². The van der Waals surface area contributed by atoms with Gasteiger partial charge in [0.1, 0.15) is 10.8 Å². The van der Waals surface area contributed by atoms with Crippen molar-refractivity contribution >= 4 is 17.1 Å². The molecule has 3 unspecified atom stereocenters. The van der Waals surface area contributed by atoms with E-state index in [-0.39, 0.29) is 0 Å². The summed E-state index contributed by atoms with van der Waals surface area (Å²) in [6, 6.07) is 1.29. The second-order valence-corrected chi connectivity index (χ2v) is 6.53. The minimum absolute atomic E-state index is 0.368. The Labute approximate surface area is 112 Å². The maximum absolute atomic E-state index is 11.7. The lowest BCUT2D eigenvalue weighted by atomic mass is 9.82. The average molecular weight is 264 g/mol. The molecule has 1 aromatic heterocycles. The number of Topliss-reactive ketones (excluding diaryl/α,β-unsaturated/α-hetero) is 1. The lowest BCUT2D eigenvalue weighted by Gasteiger charge is -2.48. The van der Waals surface area contributed by atoms with Crippen LogP contribution in [0.1, 0.15) is 55.8 Å². The first-order chi connectivity index (χ1) is 8.65. The van der Waals surface area contributed by atoms with Crippen LogP contribution < -0.4 is 0 Å². The van der Waals surface area contributed by atoms with Crippen LogP contribution in [0, 0.1) is 6.92 Å². The molecule has 2 bridgehead atoms. The highest BCUT2D eigenvalue weighted by molar-refractivity contribution is 7.09. The smallest absolute Gasteiger partial charge is 0.136 e. The van der Waals surface area contributed by atoms with Crippen LogP contribution in [-0.4, -0.2) is 27.8 Å². The zero-order valence-corrected chi connectivity index (χ0v) is 11.9. The van der Waals surface area contributed by atoms with Crippen LogP contribution >= 0.6 is 11.3 Å². The molecule has 3 rings (SSSR count). The Morgan fingerprint density at radius 1 is 1.39 bits per heavy atom. The molecule has 0 aliphatic carbocycles. The van der Waals surface area contributed by atoms with Gasteiger partial charge in [-0.05, 0) is 26.7 Å². The summed E-state index contributed by atoms with van der Waals surface area (Å²) < 4.78 is 0. The molecule has 0 N–H and O–H groups in total. The van der Waals surface area contributed by atoms with Crippen LogP contribution in [0.15, 0.2) is 5.38 Å². The maximum atomic E-state index is 11.7. The van der Waals surface area contributed by atoms with E-state index >= 15 is 0 Å². The molecule has 3 atom stereocenters. The first-order valence-corrected chi connectivity index (χ1v) is 7.74. The van der Waals surface area contributed by atoms with Crippen molar-refractivity contribution in [3.8, 4) is 0 Å². The third-order valence-electron chi connectivity index (χ3n) is 4.29. The number of piperidine rings is 2. The maximum Gasteiger partial charge on any atom is 0.136 e. The highest BCUT2D eigenvalue weighted by atomic mass is 32.1. The minimum Gasteiger partial charge on any atom is -0.300 e. The fourth-order valence-electron chi connectivity index (χ4n) is 3.53. The van der Waals surface area contributed by atoms with Gasteiger partial charge in [-0.15, -0.1) is 11.3 Å². The Kier molecular flexibility index (Phi) is 3.24. The van der Waals surface area contributed by atoms with Crippen molar-refractivity contribution in [1.82, 2.24) is 9.88 Å². The third kappa shape index (κ3) is 2.12. The molecule has 2 saturated heterocycles.